The molecule has 3 rings (SSSR count). The molecule has 0 atom stereocenters. The van der Waals surface area contributed by atoms with Crippen LogP contribution in [-0.2, 0) is 16.6 Å². The maximum Gasteiger partial charge on any atom is 0.255 e. The zero-order valence-corrected chi connectivity index (χ0v) is 17.6. The molecule has 9 heteroatoms. The first-order valence-corrected chi connectivity index (χ1v) is 10.7. The van der Waals surface area contributed by atoms with Gasteiger partial charge < -0.3 is 10.1 Å². The minimum absolute atomic E-state index is 0.0785. The number of ether oxygens (including phenoxy) is 1. The van der Waals surface area contributed by atoms with Crippen LogP contribution in [-0.4, -0.2) is 21.4 Å². The van der Waals surface area contributed by atoms with Crippen molar-refractivity contribution in [3.05, 3.63) is 89.0 Å². The van der Waals surface area contributed by atoms with Crippen LogP contribution in [0, 0.1) is 18.6 Å². The van der Waals surface area contributed by atoms with Gasteiger partial charge in [0, 0.05) is 17.8 Å². The molecule has 162 valence electrons. The van der Waals surface area contributed by atoms with Gasteiger partial charge >= 0.3 is 0 Å². The van der Waals surface area contributed by atoms with E-state index in [0.29, 0.717) is 16.9 Å². The fourth-order valence-corrected chi connectivity index (χ4v) is 3.84. The van der Waals surface area contributed by atoms with E-state index in [0.717, 1.165) is 24.3 Å². The van der Waals surface area contributed by atoms with Crippen molar-refractivity contribution in [3.63, 3.8) is 0 Å². The van der Waals surface area contributed by atoms with Crippen molar-refractivity contribution in [3.8, 4) is 5.75 Å². The first kappa shape index (κ1) is 22.4. The molecule has 1 amide bonds. The van der Waals surface area contributed by atoms with Gasteiger partial charge in [0.05, 0.1) is 7.11 Å². The van der Waals surface area contributed by atoms with Crippen LogP contribution in [0.4, 0.5) is 14.5 Å². The summed E-state index contributed by atoms with van der Waals surface area (Å²) in [4.78, 5) is 11.8. The van der Waals surface area contributed by atoms with Crippen LogP contribution >= 0.6 is 0 Å². The van der Waals surface area contributed by atoms with Crippen LogP contribution in [0.5, 0.6) is 5.75 Å². The molecule has 0 spiro atoms. The monoisotopic (exact) mass is 446 g/mol. The summed E-state index contributed by atoms with van der Waals surface area (Å²) in [6.07, 6.45) is 0. The SMILES string of the molecule is COc1ccc(CNS(=O)(=O)c2cc(C(=O)Nc3ccc(C)c(F)c3)ccc2F)cc1. The van der Waals surface area contributed by atoms with Gasteiger partial charge in [-0.1, -0.05) is 18.2 Å². The van der Waals surface area contributed by atoms with Gasteiger partial charge in [-0.15, -0.1) is 0 Å². The Balaban J connectivity index is 1.78. The number of carbonyl (C=O) groups excluding carboxylic acids is 1. The van der Waals surface area contributed by atoms with Gasteiger partial charge in [-0.05, 0) is 60.5 Å². The Morgan fingerprint density at radius 3 is 2.32 bits per heavy atom. The highest BCUT2D eigenvalue weighted by molar-refractivity contribution is 7.89. The van der Waals surface area contributed by atoms with Crippen LogP contribution in [0.25, 0.3) is 0 Å². The smallest absolute Gasteiger partial charge is 0.255 e. The van der Waals surface area contributed by atoms with E-state index in [1.165, 1.54) is 19.2 Å². The quantitative estimate of drug-likeness (QED) is 0.574. The van der Waals surface area contributed by atoms with E-state index in [4.69, 9.17) is 4.74 Å². The van der Waals surface area contributed by atoms with Crippen LogP contribution in [0.1, 0.15) is 21.5 Å². The summed E-state index contributed by atoms with van der Waals surface area (Å²) >= 11 is 0. The first-order chi connectivity index (χ1) is 14.7. The summed E-state index contributed by atoms with van der Waals surface area (Å²) in [5.74, 6) is -1.58. The molecule has 0 aromatic heterocycles. The Morgan fingerprint density at radius 1 is 0.968 bits per heavy atom. The fraction of sp³-hybridized carbons (Fsp3) is 0.136. The highest BCUT2D eigenvalue weighted by atomic mass is 32.2. The average Bonchev–Trinajstić information content (AvgIpc) is 2.75. The van der Waals surface area contributed by atoms with Crippen molar-refractivity contribution < 1.29 is 26.7 Å². The van der Waals surface area contributed by atoms with Gasteiger partial charge in [-0.25, -0.2) is 21.9 Å². The molecule has 31 heavy (non-hydrogen) atoms. The largest absolute Gasteiger partial charge is 0.497 e. The van der Waals surface area contributed by atoms with Crippen LogP contribution in [0.15, 0.2) is 65.6 Å². The predicted molar refractivity (Wildman–Crippen MR) is 113 cm³/mol. The lowest BCUT2D eigenvalue weighted by molar-refractivity contribution is 0.102. The molecule has 3 aromatic carbocycles. The molecule has 0 bridgehead atoms. The van der Waals surface area contributed by atoms with Gasteiger partial charge in [0.25, 0.3) is 5.91 Å². The second-order valence-corrected chi connectivity index (χ2v) is 8.47. The van der Waals surface area contributed by atoms with Gasteiger partial charge in [0.15, 0.2) is 0 Å². The number of benzene rings is 3. The zero-order valence-electron chi connectivity index (χ0n) is 16.8. The molecule has 0 unspecified atom stereocenters. The molecular weight excluding hydrogens is 426 g/mol. The molecule has 3 aromatic rings. The van der Waals surface area contributed by atoms with Crippen LogP contribution < -0.4 is 14.8 Å². The van der Waals surface area contributed by atoms with E-state index in [2.05, 4.69) is 10.0 Å². The minimum Gasteiger partial charge on any atom is -0.497 e. The molecule has 0 heterocycles. The van der Waals surface area contributed by atoms with Crippen molar-refractivity contribution in [2.45, 2.75) is 18.4 Å². The normalized spacial score (nSPS) is 11.2. The summed E-state index contributed by atoms with van der Waals surface area (Å²) in [5.41, 5.74) is 1.16. The Bertz CT molecular complexity index is 1210. The summed E-state index contributed by atoms with van der Waals surface area (Å²) in [7, 11) is -2.73. The molecule has 0 saturated heterocycles. The lowest BCUT2D eigenvalue weighted by Crippen LogP contribution is -2.25. The van der Waals surface area contributed by atoms with Crippen molar-refractivity contribution >= 4 is 21.6 Å². The van der Waals surface area contributed by atoms with E-state index in [1.807, 2.05) is 0 Å². The highest BCUT2D eigenvalue weighted by Crippen LogP contribution is 2.20. The Morgan fingerprint density at radius 2 is 1.68 bits per heavy atom. The summed E-state index contributed by atoms with van der Waals surface area (Å²) in [6, 6.07) is 13.8. The zero-order chi connectivity index (χ0) is 22.6. The highest BCUT2D eigenvalue weighted by Gasteiger charge is 2.21. The number of rotatable bonds is 7. The van der Waals surface area contributed by atoms with Gasteiger partial charge in [0.1, 0.15) is 22.3 Å². The average molecular weight is 446 g/mol. The molecule has 0 aliphatic rings. The standard InChI is InChI=1S/C22H20F2N2O4S/c1-14-3-7-17(12-20(14)24)26-22(27)16-6-10-19(23)21(11-16)31(28,29)25-13-15-4-8-18(30-2)9-5-15/h3-12,25H,13H2,1-2H3,(H,26,27). The number of nitrogens with one attached hydrogen (secondary N) is 2. The van der Waals surface area contributed by atoms with Crippen LogP contribution in [0.3, 0.4) is 0 Å². The molecule has 6 nitrogen and oxygen atoms in total. The fourth-order valence-electron chi connectivity index (χ4n) is 2.72. The van der Waals surface area contributed by atoms with E-state index in [9.17, 15) is 22.0 Å². The Labute approximate surface area is 178 Å². The van der Waals surface area contributed by atoms with Crippen molar-refractivity contribution in [1.82, 2.24) is 4.72 Å². The number of sulfonamides is 1. The van der Waals surface area contributed by atoms with Crippen molar-refractivity contribution in [1.29, 1.82) is 0 Å². The number of amides is 1. The number of hydrogen-bond acceptors (Lipinski definition) is 4. The topological polar surface area (TPSA) is 84.5 Å². The number of halogens is 2. The van der Waals surface area contributed by atoms with E-state index in [-0.39, 0.29) is 17.8 Å². The maximum absolute atomic E-state index is 14.3. The van der Waals surface area contributed by atoms with E-state index >= 15 is 0 Å². The third-order valence-electron chi connectivity index (χ3n) is 4.54. The third kappa shape index (κ3) is 5.44. The Kier molecular flexibility index (Phi) is 6.67. The summed E-state index contributed by atoms with van der Waals surface area (Å²) in [5, 5.41) is 2.46. The summed E-state index contributed by atoms with van der Waals surface area (Å²) < 4.78 is 60.5. The number of aryl methyl sites for hydroxylation is 1. The lowest BCUT2D eigenvalue weighted by atomic mass is 10.2. The second kappa shape index (κ2) is 9.23. The Hall–Kier alpha value is -3.30. The molecular formula is C22H20F2N2O4S. The van der Waals surface area contributed by atoms with Gasteiger partial charge in [0.2, 0.25) is 10.0 Å². The maximum atomic E-state index is 14.3. The number of methoxy groups -OCH3 is 1. The lowest BCUT2D eigenvalue weighted by Gasteiger charge is -2.11. The second-order valence-electron chi connectivity index (χ2n) is 6.74. The van der Waals surface area contributed by atoms with E-state index in [1.54, 1.807) is 31.2 Å². The minimum atomic E-state index is -4.24. The molecule has 0 aliphatic heterocycles. The van der Waals surface area contributed by atoms with Crippen molar-refractivity contribution in [2.24, 2.45) is 0 Å². The number of hydrogen-bond donors (Lipinski definition) is 2. The molecule has 2 N–H and O–H groups in total. The third-order valence-corrected chi connectivity index (χ3v) is 5.95. The summed E-state index contributed by atoms with van der Waals surface area (Å²) in [6.45, 7) is 1.50. The molecule has 0 saturated carbocycles. The number of anilines is 1. The van der Waals surface area contributed by atoms with E-state index < -0.39 is 32.5 Å². The predicted octanol–water partition coefficient (Wildman–Crippen LogP) is 4.01. The van der Waals surface area contributed by atoms with Gasteiger partial charge in [-0.3, -0.25) is 4.79 Å². The van der Waals surface area contributed by atoms with Crippen LogP contribution in [0.2, 0.25) is 0 Å². The number of carbonyl (C=O) groups is 1. The van der Waals surface area contributed by atoms with Gasteiger partial charge in [-0.2, -0.15) is 0 Å². The first-order valence-electron chi connectivity index (χ1n) is 9.19. The molecule has 0 fully saturated rings. The molecule has 0 aliphatic carbocycles. The van der Waals surface area contributed by atoms with Crippen molar-refractivity contribution in [2.75, 3.05) is 12.4 Å². The molecule has 0 radical (unpaired) electrons.